The molecule has 0 fully saturated rings. The summed E-state index contributed by atoms with van der Waals surface area (Å²) in [6.45, 7) is 1.97. The summed E-state index contributed by atoms with van der Waals surface area (Å²) < 4.78 is 2.41. The molecule has 1 aromatic heterocycles. The first-order valence-electron chi connectivity index (χ1n) is 4.76. The zero-order valence-electron chi connectivity index (χ0n) is 8.64. The van der Waals surface area contributed by atoms with E-state index in [-0.39, 0.29) is 5.69 Å². The van der Waals surface area contributed by atoms with Crippen LogP contribution in [0.15, 0.2) is 41.0 Å². The lowest BCUT2D eigenvalue weighted by molar-refractivity contribution is 0.0688. The average molecular weight is 280 g/mol. The molecule has 2 aromatic rings. The third-order valence-electron chi connectivity index (χ3n) is 2.29. The first-order chi connectivity index (χ1) is 7.58. The lowest BCUT2D eigenvalue weighted by atomic mass is 10.2. The van der Waals surface area contributed by atoms with Crippen molar-refractivity contribution in [3.8, 4) is 5.69 Å². The van der Waals surface area contributed by atoms with Gasteiger partial charge in [0.25, 0.3) is 0 Å². The number of carbonyl (C=O) groups is 1. The molecule has 3 nitrogen and oxygen atoms in total. The van der Waals surface area contributed by atoms with Crippen LogP contribution in [0.3, 0.4) is 0 Å². The summed E-state index contributed by atoms with van der Waals surface area (Å²) in [6.07, 6.45) is 1.75. The molecule has 0 amide bonds. The number of carboxylic acid groups (broad SMARTS) is 1. The molecule has 0 saturated carbocycles. The minimum atomic E-state index is -0.938. The highest BCUT2D eigenvalue weighted by Crippen LogP contribution is 2.20. The predicted octanol–water partition coefficient (Wildman–Crippen LogP) is 3.25. The molecule has 0 bridgehead atoms. The Hall–Kier alpha value is -1.55. The van der Waals surface area contributed by atoms with Crippen molar-refractivity contribution in [1.82, 2.24) is 4.57 Å². The van der Waals surface area contributed by atoms with E-state index in [1.807, 2.05) is 31.2 Å². The minimum Gasteiger partial charge on any atom is -0.477 e. The number of aryl methyl sites for hydroxylation is 1. The number of nitrogens with zero attached hydrogens (tertiary/aromatic N) is 1. The van der Waals surface area contributed by atoms with Gasteiger partial charge in [-0.3, -0.25) is 0 Å². The number of aromatic carboxylic acids is 1. The van der Waals surface area contributed by atoms with Crippen molar-refractivity contribution in [2.24, 2.45) is 0 Å². The molecule has 1 N–H and O–H groups in total. The van der Waals surface area contributed by atoms with Crippen LogP contribution in [0.25, 0.3) is 5.69 Å². The average Bonchev–Trinajstić information content (AvgIpc) is 2.60. The molecule has 0 aliphatic heterocycles. The zero-order valence-corrected chi connectivity index (χ0v) is 10.2. The van der Waals surface area contributed by atoms with Gasteiger partial charge in [-0.15, -0.1) is 0 Å². The molecule has 4 heteroatoms. The van der Waals surface area contributed by atoms with E-state index < -0.39 is 5.97 Å². The monoisotopic (exact) mass is 279 g/mol. The summed E-state index contributed by atoms with van der Waals surface area (Å²) in [5.74, 6) is -0.938. The Morgan fingerprint density at radius 1 is 1.38 bits per heavy atom. The number of hydrogen-bond donors (Lipinski definition) is 1. The van der Waals surface area contributed by atoms with Crippen LogP contribution < -0.4 is 0 Å². The normalized spacial score (nSPS) is 10.4. The van der Waals surface area contributed by atoms with Crippen LogP contribution >= 0.6 is 15.9 Å². The molecule has 0 spiro atoms. The Morgan fingerprint density at radius 3 is 2.75 bits per heavy atom. The first-order valence-corrected chi connectivity index (χ1v) is 5.55. The maximum Gasteiger partial charge on any atom is 0.352 e. The Balaban J connectivity index is 2.59. The molecule has 1 heterocycles. The van der Waals surface area contributed by atoms with Crippen LogP contribution in [-0.4, -0.2) is 15.6 Å². The molecule has 0 unspecified atom stereocenters. The zero-order chi connectivity index (χ0) is 11.7. The number of hydrogen-bond acceptors (Lipinski definition) is 1. The van der Waals surface area contributed by atoms with E-state index in [9.17, 15) is 4.79 Å². The molecule has 0 saturated heterocycles. The Morgan fingerprint density at radius 2 is 2.12 bits per heavy atom. The summed E-state index contributed by atoms with van der Waals surface area (Å²) in [6, 6.07) is 9.29. The fraction of sp³-hybridized carbons (Fsp3) is 0.0833. The number of benzene rings is 1. The lowest BCUT2D eigenvalue weighted by Crippen LogP contribution is -2.05. The van der Waals surface area contributed by atoms with Gasteiger partial charge in [-0.2, -0.15) is 0 Å². The van der Waals surface area contributed by atoms with E-state index in [4.69, 9.17) is 5.11 Å². The van der Waals surface area contributed by atoms with Crippen molar-refractivity contribution in [3.05, 3.63) is 52.3 Å². The second kappa shape index (κ2) is 4.14. The number of rotatable bonds is 2. The molecule has 2 rings (SSSR count). The molecule has 1 aromatic carbocycles. The van der Waals surface area contributed by atoms with Gasteiger partial charge in [0, 0.05) is 16.4 Å². The van der Waals surface area contributed by atoms with E-state index in [2.05, 4.69) is 15.9 Å². The predicted molar refractivity (Wildman–Crippen MR) is 65.2 cm³/mol. The van der Waals surface area contributed by atoms with E-state index >= 15 is 0 Å². The van der Waals surface area contributed by atoms with Gasteiger partial charge in [0.2, 0.25) is 0 Å². The van der Waals surface area contributed by atoms with Crippen molar-refractivity contribution >= 4 is 21.9 Å². The standard InChI is InChI=1S/C12H10BrNO2/c1-8-3-2-4-10(5-8)14-7-9(13)6-11(14)12(15)16/h2-7H,1H3,(H,15,16). The van der Waals surface area contributed by atoms with Gasteiger partial charge in [-0.05, 0) is 46.6 Å². The first kappa shape index (κ1) is 11.0. The summed E-state index contributed by atoms with van der Waals surface area (Å²) >= 11 is 3.28. The summed E-state index contributed by atoms with van der Waals surface area (Å²) in [4.78, 5) is 11.1. The van der Waals surface area contributed by atoms with E-state index in [1.54, 1.807) is 16.8 Å². The van der Waals surface area contributed by atoms with Crippen molar-refractivity contribution in [2.75, 3.05) is 0 Å². The highest BCUT2D eigenvalue weighted by atomic mass is 79.9. The quantitative estimate of drug-likeness (QED) is 0.917. The summed E-state index contributed by atoms with van der Waals surface area (Å²) in [5.41, 5.74) is 2.19. The van der Waals surface area contributed by atoms with Gasteiger partial charge in [-0.1, -0.05) is 12.1 Å². The molecular weight excluding hydrogens is 270 g/mol. The van der Waals surface area contributed by atoms with Crippen LogP contribution in [0.2, 0.25) is 0 Å². The minimum absolute atomic E-state index is 0.248. The van der Waals surface area contributed by atoms with Gasteiger partial charge in [0.15, 0.2) is 0 Å². The van der Waals surface area contributed by atoms with Gasteiger partial charge in [0.05, 0.1) is 0 Å². The second-order valence-electron chi connectivity index (χ2n) is 3.56. The topological polar surface area (TPSA) is 42.2 Å². The van der Waals surface area contributed by atoms with E-state index in [0.717, 1.165) is 15.7 Å². The highest BCUT2D eigenvalue weighted by molar-refractivity contribution is 9.10. The number of halogens is 1. The molecule has 0 atom stereocenters. The van der Waals surface area contributed by atoms with Crippen LogP contribution in [0.5, 0.6) is 0 Å². The van der Waals surface area contributed by atoms with Crippen molar-refractivity contribution in [2.45, 2.75) is 6.92 Å². The fourth-order valence-electron chi connectivity index (χ4n) is 1.59. The SMILES string of the molecule is Cc1cccc(-n2cc(Br)cc2C(=O)O)c1. The highest BCUT2D eigenvalue weighted by Gasteiger charge is 2.12. The number of aromatic nitrogens is 1. The molecule has 0 radical (unpaired) electrons. The smallest absolute Gasteiger partial charge is 0.352 e. The van der Waals surface area contributed by atoms with Crippen molar-refractivity contribution in [1.29, 1.82) is 0 Å². The molecule has 16 heavy (non-hydrogen) atoms. The lowest BCUT2D eigenvalue weighted by Gasteiger charge is -2.06. The van der Waals surface area contributed by atoms with Gasteiger partial charge in [-0.25, -0.2) is 4.79 Å². The van der Waals surface area contributed by atoms with Crippen LogP contribution in [0.1, 0.15) is 16.1 Å². The summed E-state index contributed by atoms with van der Waals surface area (Å²) in [5, 5.41) is 9.07. The molecule has 0 aliphatic rings. The third-order valence-corrected chi connectivity index (χ3v) is 2.72. The van der Waals surface area contributed by atoms with Gasteiger partial charge < -0.3 is 9.67 Å². The molecule has 82 valence electrons. The molecule has 0 aliphatic carbocycles. The Bertz CT molecular complexity index is 546. The van der Waals surface area contributed by atoms with Crippen LogP contribution in [-0.2, 0) is 0 Å². The van der Waals surface area contributed by atoms with E-state index in [0.29, 0.717) is 0 Å². The maximum absolute atomic E-state index is 11.1. The summed E-state index contributed by atoms with van der Waals surface area (Å²) in [7, 11) is 0. The van der Waals surface area contributed by atoms with Crippen LogP contribution in [0.4, 0.5) is 0 Å². The Labute approximate surface area is 101 Å². The third kappa shape index (κ3) is 2.02. The molecular formula is C12H10BrNO2. The fourth-order valence-corrected chi connectivity index (χ4v) is 2.01. The van der Waals surface area contributed by atoms with Crippen LogP contribution in [0, 0.1) is 6.92 Å². The van der Waals surface area contributed by atoms with Crippen molar-refractivity contribution < 1.29 is 9.90 Å². The Kier molecular flexibility index (Phi) is 2.83. The van der Waals surface area contributed by atoms with Gasteiger partial charge in [0.1, 0.15) is 5.69 Å². The van der Waals surface area contributed by atoms with Crippen molar-refractivity contribution in [3.63, 3.8) is 0 Å². The second-order valence-corrected chi connectivity index (χ2v) is 4.47. The van der Waals surface area contributed by atoms with Gasteiger partial charge >= 0.3 is 5.97 Å². The maximum atomic E-state index is 11.1. The number of carboxylic acids is 1. The largest absolute Gasteiger partial charge is 0.477 e. The van der Waals surface area contributed by atoms with E-state index in [1.165, 1.54) is 0 Å².